The van der Waals surface area contributed by atoms with Crippen molar-refractivity contribution in [3.63, 3.8) is 0 Å². The Morgan fingerprint density at radius 2 is 2.33 bits per heavy atom. The van der Waals surface area contributed by atoms with Gasteiger partial charge in [0.15, 0.2) is 0 Å². The maximum absolute atomic E-state index is 9.09. The van der Waals surface area contributed by atoms with E-state index in [2.05, 4.69) is 27.4 Å². The molecular weight excluding hydrogens is 284 g/mol. The van der Waals surface area contributed by atoms with Gasteiger partial charge in [-0.25, -0.2) is 4.98 Å². The van der Waals surface area contributed by atoms with Crippen LogP contribution in [-0.2, 0) is 12.4 Å². The highest BCUT2D eigenvalue weighted by molar-refractivity contribution is 6.16. The van der Waals surface area contributed by atoms with E-state index in [1.165, 1.54) is 13.0 Å². The number of aromatic nitrogens is 2. The van der Waals surface area contributed by atoms with Gasteiger partial charge in [0, 0.05) is 13.1 Å². The van der Waals surface area contributed by atoms with Crippen molar-refractivity contribution in [2.45, 2.75) is 25.8 Å². The molecule has 2 aromatic rings. The van der Waals surface area contributed by atoms with Crippen molar-refractivity contribution in [2.75, 3.05) is 19.6 Å². The van der Waals surface area contributed by atoms with Gasteiger partial charge in [0.25, 0.3) is 0 Å². The van der Waals surface area contributed by atoms with Crippen molar-refractivity contribution in [2.24, 2.45) is 5.92 Å². The molecule has 1 atom stereocenters. The van der Waals surface area contributed by atoms with Crippen LogP contribution in [0.2, 0.25) is 0 Å². The van der Waals surface area contributed by atoms with E-state index in [0.29, 0.717) is 17.4 Å². The summed E-state index contributed by atoms with van der Waals surface area (Å²) in [6, 6.07) is 7.84. The smallest absolute Gasteiger partial charge is 0.124 e. The first kappa shape index (κ1) is 14.4. The number of fused-ring (bicyclic) bond motifs is 1. The quantitative estimate of drug-likeness (QED) is 0.816. The Hall–Kier alpha value is -1.57. The Morgan fingerprint density at radius 3 is 3.00 bits per heavy atom. The third kappa shape index (κ3) is 2.76. The Bertz CT molecular complexity index is 685. The van der Waals surface area contributed by atoms with E-state index in [9.17, 15) is 0 Å². The molecule has 0 radical (unpaired) electrons. The number of alkyl halides is 1. The molecule has 1 aromatic carbocycles. The number of hydrogen-bond donors (Lipinski definition) is 0. The minimum Gasteiger partial charge on any atom is -0.327 e. The van der Waals surface area contributed by atoms with Crippen molar-refractivity contribution < 1.29 is 0 Å². The zero-order valence-electron chi connectivity index (χ0n) is 12.2. The summed E-state index contributed by atoms with van der Waals surface area (Å²) in [6.45, 7) is 6.56. The van der Waals surface area contributed by atoms with Crippen molar-refractivity contribution in [1.82, 2.24) is 14.5 Å². The maximum Gasteiger partial charge on any atom is 0.124 e. The largest absolute Gasteiger partial charge is 0.327 e. The topological polar surface area (TPSA) is 44.9 Å². The molecule has 2 heterocycles. The second-order valence-corrected chi connectivity index (χ2v) is 5.90. The van der Waals surface area contributed by atoms with Crippen LogP contribution in [0.3, 0.4) is 0 Å². The van der Waals surface area contributed by atoms with E-state index in [-0.39, 0.29) is 0 Å². The number of benzene rings is 1. The van der Waals surface area contributed by atoms with Crippen LogP contribution < -0.4 is 0 Å². The molecular formula is C16H19ClN4. The average Bonchev–Trinajstić information content (AvgIpc) is 3.11. The standard InChI is InChI=1S/C16H19ClN4/c1-2-20-6-5-13(10-20)11-21-15-7-12(9-18)3-4-14(15)19-16(21)8-17/h3-4,7,13H,2,5-6,8,10-11H2,1H3. The average molecular weight is 303 g/mol. The lowest BCUT2D eigenvalue weighted by Crippen LogP contribution is -2.21. The van der Waals surface area contributed by atoms with Gasteiger partial charge in [-0.05, 0) is 43.6 Å². The van der Waals surface area contributed by atoms with Gasteiger partial charge < -0.3 is 9.47 Å². The highest BCUT2D eigenvalue weighted by atomic mass is 35.5. The molecule has 1 unspecified atom stereocenters. The number of imidazole rings is 1. The maximum atomic E-state index is 9.09. The molecule has 0 saturated carbocycles. The first-order valence-corrected chi connectivity index (χ1v) is 7.96. The fourth-order valence-electron chi connectivity index (χ4n) is 3.16. The van der Waals surface area contributed by atoms with Gasteiger partial charge in [-0.15, -0.1) is 11.6 Å². The molecule has 0 aliphatic carbocycles. The van der Waals surface area contributed by atoms with Crippen molar-refractivity contribution in [3.8, 4) is 6.07 Å². The third-order valence-corrected chi connectivity index (χ3v) is 4.57. The number of halogens is 1. The molecule has 0 bridgehead atoms. The minimum atomic E-state index is 0.404. The number of rotatable bonds is 4. The highest BCUT2D eigenvalue weighted by Crippen LogP contribution is 2.24. The van der Waals surface area contributed by atoms with E-state index in [1.807, 2.05) is 18.2 Å². The summed E-state index contributed by atoms with van der Waals surface area (Å²) in [4.78, 5) is 7.07. The molecule has 5 heteroatoms. The monoisotopic (exact) mass is 302 g/mol. The molecule has 0 N–H and O–H groups in total. The fraction of sp³-hybridized carbons (Fsp3) is 0.500. The SMILES string of the molecule is CCN1CCC(Cn2c(CCl)nc3ccc(C#N)cc32)C1. The summed E-state index contributed by atoms with van der Waals surface area (Å²) in [5, 5.41) is 9.09. The molecule has 4 nitrogen and oxygen atoms in total. The summed E-state index contributed by atoms with van der Waals surface area (Å²) in [5.74, 6) is 1.94. The molecule has 1 fully saturated rings. The molecule has 1 saturated heterocycles. The van der Waals surface area contributed by atoms with Crippen LogP contribution in [0.25, 0.3) is 11.0 Å². The first-order valence-electron chi connectivity index (χ1n) is 7.42. The first-order chi connectivity index (χ1) is 10.2. The van der Waals surface area contributed by atoms with Gasteiger partial charge in [0.2, 0.25) is 0 Å². The Labute approximate surface area is 129 Å². The van der Waals surface area contributed by atoms with E-state index in [0.717, 1.165) is 36.5 Å². The number of hydrogen-bond acceptors (Lipinski definition) is 3. The zero-order chi connectivity index (χ0) is 14.8. The van der Waals surface area contributed by atoms with E-state index in [1.54, 1.807) is 0 Å². The molecule has 1 aromatic heterocycles. The lowest BCUT2D eigenvalue weighted by molar-refractivity contribution is 0.333. The van der Waals surface area contributed by atoms with Crippen LogP contribution in [-0.4, -0.2) is 34.1 Å². The molecule has 0 spiro atoms. The number of nitrogens with zero attached hydrogens (tertiary/aromatic N) is 4. The van der Waals surface area contributed by atoms with Gasteiger partial charge in [0.05, 0.1) is 28.5 Å². The van der Waals surface area contributed by atoms with E-state index >= 15 is 0 Å². The summed E-state index contributed by atoms with van der Waals surface area (Å²) in [5.41, 5.74) is 2.63. The molecule has 0 amide bonds. The van der Waals surface area contributed by atoms with Gasteiger partial charge in [0.1, 0.15) is 5.82 Å². The molecule has 1 aliphatic rings. The van der Waals surface area contributed by atoms with Gasteiger partial charge in [-0.3, -0.25) is 0 Å². The second kappa shape index (κ2) is 6.05. The van der Waals surface area contributed by atoms with Crippen molar-refractivity contribution in [3.05, 3.63) is 29.6 Å². The van der Waals surface area contributed by atoms with Gasteiger partial charge >= 0.3 is 0 Å². The Balaban J connectivity index is 1.94. The summed E-state index contributed by atoms with van der Waals surface area (Å²) in [7, 11) is 0. The van der Waals surface area contributed by atoms with Gasteiger partial charge in [-0.1, -0.05) is 6.92 Å². The molecule has 3 rings (SSSR count). The van der Waals surface area contributed by atoms with Crippen LogP contribution in [0, 0.1) is 17.2 Å². The summed E-state index contributed by atoms with van der Waals surface area (Å²) >= 11 is 6.06. The summed E-state index contributed by atoms with van der Waals surface area (Å²) < 4.78 is 2.20. The lowest BCUT2D eigenvalue weighted by Gasteiger charge is -2.15. The third-order valence-electron chi connectivity index (χ3n) is 4.33. The van der Waals surface area contributed by atoms with Gasteiger partial charge in [-0.2, -0.15) is 5.26 Å². The highest BCUT2D eigenvalue weighted by Gasteiger charge is 2.23. The normalized spacial score (nSPS) is 19.2. The predicted molar refractivity (Wildman–Crippen MR) is 84.2 cm³/mol. The summed E-state index contributed by atoms with van der Waals surface area (Å²) in [6.07, 6.45) is 1.22. The number of nitriles is 1. The second-order valence-electron chi connectivity index (χ2n) is 5.64. The molecule has 1 aliphatic heterocycles. The van der Waals surface area contributed by atoms with Crippen molar-refractivity contribution in [1.29, 1.82) is 5.26 Å². The van der Waals surface area contributed by atoms with Crippen molar-refractivity contribution >= 4 is 22.6 Å². The van der Waals surface area contributed by atoms with Crippen LogP contribution in [0.5, 0.6) is 0 Å². The zero-order valence-corrected chi connectivity index (χ0v) is 13.0. The molecule has 21 heavy (non-hydrogen) atoms. The van der Waals surface area contributed by atoms with Crippen LogP contribution in [0.15, 0.2) is 18.2 Å². The van der Waals surface area contributed by atoms with E-state index in [4.69, 9.17) is 16.9 Å². The van der Waals surface area contributed by atoms with E-state index < -0.39 is 0 Å². The number of likely N-dealkylation sites (tertiary alicyclic amines) is 1. The van der Waals surface area contributed by atoms with Crippen LogP contribution in [0.1, 0.15) is 24.7 Å². The Kier molecular flexibility index (Phi) is 4.14. The predicted octanol–water partition coefficient (Wildman–Crippen LogP) is 2.99. The Morgan fingerprint density at radius 1 is 1.48 bits per heavy atom. The van der Waals surface area contributed by atoms with Crippen LogP contribution in [0.4, 0.5) is 0 Å². The van der Waals surface area contributed by atoms with Crippen LogP contribution >= 0.6 is 11.6 Å². The minimum absolute atomic E-state index is 0.404. The fourth-order valence-corrected chi connectivity index (χ4v) is 3.36. The molecule has 110 valence electrons. The lowest BCUT2D eigenvalue weighted by atomic mass is 10.1.